The molecule has 5 heteroatoms. The highest BCUT2D eigenvalue weighted by Gasteiger charge is 2.14. The fraction of sp³-hybridized carbons (Fsp3) is 0.250. The summed E-state index contributed by atoms with van der Waals surface area (Å²) in [4.78, 5) is 0. The van der Waals surface area contributed by atoms with Gasteiger partial charge < -0.3 is 0 Å². The van der Waals surface area contributed by atoms with Gasteiger partial charge in [-0.2, -0.15) is 0 Å². The first kappa shape index (κ1) is 11.4. The average Bonchev–Trinajstić information content (AvgIpc) is 2.41. The molecular weight excluding hydrogens is 316 g/mol. The van der Waals surface area contributed by atoms with E-state index in [1.807, 2.05) is 6.08 Å². The number of hydrogen-bond acceptors (Lipinski definition) is 3. The summed E-state index contributed by atoms with van der Waals surface area (Å²) < 4.78 is 2.20. The molecule has 0 amide bonds. The van der Waals surface area contributed by atoms with Crippen LogP contribution in [0.15, 0.2) is 26.3 Å². The summed E-state index contributed by atoms with van der Waals surface area (Å²) in [5.41, 5.74) is 3.92. The van der Waals surface area contributed by atoms with Crippen LogP contribution < -0.4 is 11.3 Å². The monoisotopic (exact) mass is 324 g/mol. The summed E-state index contributed by atoms with van der Waals surface area (Å²) in [6, 6.07) is 2.19. The van der Waals surface area contributed by atoms with Crippen molar-refractivity contribution in [1.82, 2.24) is 5.43 Å². The van der Waals surface area contributed by atoms with Gasteiger partial charge in [-0.05, 0) is 49.9 Å². The van der Waals surface area contributed by atoms with Crippen LogP contribution >= 0.6 is 43.2 Å². The molecule has 1 aromatic rings. The van der Waals surface area contributed by atoms with Gasteiger partial charge in [-0.1, -0.05) is 6.08 Å². The van der Waals surface area contributed by atoms with Gasteiger partial charge in [0.25, 0.3) is 0 Å². The Morgan fingerprint density at radius 2 is 2.38 bits per heavy atom. The summed E-state index contributed by atoms with van der Waals surface area (Å²) in [6.07, 6.45) is 2.67. The van der Waals surface area contributed by atoms with Crippen LogP contribution in [0.1, 0.15) is 18.0 Å². The Kier molecular flexibility index (Phi) is 4.61. The van der Waals surface area contributed by atoms with Gasteiger partial charge in [-0.15, -0.1) is 17.9 Å². The first-order valence-corrected chi connectivity index (χ1v) is 6.11. The van der Waals surface area contributed by atoms with E-state index in [-0.39, 0.29) is 6.04 Å². The quantitative estimate of drug-likeness (QED) is 0.506. The number of nitrogens with one attached hydrogen (secondary N) is 1. The molecule has 0 aromatic carbocycles. The van der Waals surface area contributed by atoms with Gasteiger partial charge in [0.1, 0.15) is 0 Å². The topological polar surface area (TPSA) is 38.0 Å². The molecule has 0 fully saturated rings. The molecule has 2 nitrogen and oxygen atoms in total. The van der Waals surface area contributed by atoms with Crippen molar-refractivity contribution in [1.29, 1.82) is 0 Å². The van der Waals surface area contributed by atoms with E-state index in [9.17, 15) is 0 Å². The molecule has 0 bridgehead atoms. The van der Waals surface area contributed by atoms with Crippen LogP contribution in [0.2, 0.25) is 0 Å². The van der Waals surface area contributed by atoms with Crippen LogP contribution in [0.25, 0.3) is 0 Å². The van der Waals surface area contributed by atoms with Gasteiger partial charge in [-0.25, -0.2) is 0 Å². The van der Waals surface area contributed by atoms with E-state index < -0.39 is 0 Å². The van der Waals surface area contributed by atoms with Gasteiger partial charge in [-0.3, -0.25) is 11.3 Å². The summed E-state index contributed by atoms with van der Waals surface area (Å²) in [6.45, 7) is 3.69. The maximum atomic E-state index is 5.44. The highest BCUT2D eigenvalue weighted by Crippen LogP contribution is 2.36. The zero-order valence-electron chi connectivity index (χ0n) is 6.89. The van der Waals surface area contributed by atoms with Crippen molar-refractivity contribution in [2.45, 2.75) is 12.5 Å². The molecule has 0 saturated heterocycles. The van der Waals surface area contributed by atoms with E-state index in [1.165, 1.54) is 5.56 Å². The van der Waals surface area contributed by atoms with E-state index in [2.05, 4.69) is 49.9 Å². The van der Waals surface area contributed by atoms with Crippen molar-refractivity contribution in [2.75, 3.05) is 0 Å². The lowest BCUT2D eigenvalue weighted by molar-refractivity contribution is 0.561. The van der Waals surface area contributed by atoms with Crippen LogP contribution in [0.4, 0.5) is 0 Å². The maximum Gasteiger partial charge on any atom is 0.0758 e. The zero-order chi connectivity index (χ0) is 9.84. The molecule has 0 spiro atoms. The van der Waals surface area contributed by atoms with E-state index in [0.29, 0.717) is 0 Å². The number of hydrazine groups is 1. The predicted molar refractivity (Wildman–Crippen MR) is 64.6 cm³/mol. The summed E-state index contributed by atoms with van der Waals surface area (Å²) >= 11 is 8.56. The van der Waals surface area contributed by atoms with Crippen LogP contribution in [-0.4, -0.2) is 0 Å². The fourth-order valence-corrected chi connectivity index (χ4v) is 4.02. The van der Waals surface area contributed by atoms with Gasteiger partial charge in [0.15, 0.2) is 0 Å². The molecule has 1 atom stereocenters. The molecule has 3 N–H and O–H groups in total. The second-order valence-electron chi connectivity index (χ2n) is 2.52. The first-order valence-electron chi connectivity index (χ1n) is 3.70. The average molecular weight is 326 g/mol. The molecule has 72 valence electrons. The standard InChI is InChI=1S/C8H10Br2N2S/c1-2-3-6(12-11)5-4-7(9)13-8(5)10/h2,4,6,12H,1,3,11H2. The highest BCUT2D eigenvalue weighted by molar-refractivity contribution is 9.12. The lowest BCUT2D eigenvalue weighted by Crippen LogP contribution is -2.27. The number of rotatable bonds is 4. The Bertz CT molecular complexity index is 298. The molecule has 1 heterocycles. The van der Waals surface area contributed by atoms with Gasteiger partial charge in [0.2, 0.25) is 0 Å². The minimum atomic E-state index is 0.134. The molecule has 1 unspecified atom stereocenters. The fourth-order valence-electron chi connectivity index (χ4n) is 1.04. The molecule has 1 aromatic heterocycles. The Hall–Kier alpha value is 0.320. The largest absolute Gasteiger partial charge is 0.271 e. The maximum absolute atomic E-state index is 5.44. The first-order chi connectivity index (χ1) is 6.19. The molecule has 0 aliphatic carbocycles. The zero-order valence-corrected chi connectivity index (χ0v) is 10.9. The second-order valence-corrected chi connectivity index (χ2v) is 6.27. The van der Waals surface area contributed by atoms with Gasteiger partial charge in [0.05, 0.1) is 13.6 Å². The van der Waals surface area contributed by atoms with Crippen molar-refractivity contribution in [3.63, 3.8) is 0 Å². The van der Waals surface area contributed by atoms with Gasteiger partial charge >= 0.3 is 0 Å². The third kappa shape index (κ3) is 2.89. The van der Waals surface area contributed by atoms with Crippen molar-refractivity contribution in [2.24, 2.45) is 5.84 Å². The number of hydrogen-bond donors (Lipinski definition) is 2. The second kappa shape index (κ2) is 5.26. The number of halogens is 2. The Morgan fingerprint density at radius 3 is 2.77 bits per heavy atom. The van der Waals surface area contributed by atoms with E-state index >= 15 is 0 Å². The summed E-state index contributed by atoms with van der Waals surface area (Å²) in [7, 11) is 0. The smallest absolute Gasteiger partial charge is 0.0758 e. The molecule has 13 heavy (non-hydrogen) atoms. The summed E-state index contributed by atoms with van der Waals surface area (Å²) in [5.74, 6) is 5.44. The van der Waals surface area contributed by atoms with Crippen molar-refractivity contribution < 1.29 is 0 Å². The van der Waals surface area contributed by atoms with Crippen molar-refractivity contribution in [3.8, 4) is 0 Å². The van der Waals surface area contributed by atoms with E-state index in [4.69, 9.17) is 5.84 Å². The lowest BCUT2D eigenvalue weighted by atomic mass is 10.1. The minimum absolute atomic E-state index is 0.134. The predicted octanol–water partition coefficient (Wildman–Crippen LogP) is 3.35. The normalized spacial score (nSPS) is 12.8. The van der Waals surface area contributed by atoms with Crippen LogP contribution in [0, 0.1) is 0 Å². The Morgan fingerprint density at radius 1 is 1.69 bits per heavy atom. The lowest BCUT2D eigenvalue weighted by Gasteiger charge is -2.12. The SMILES string of the molecule is C=CCC(NN)c1cc(Br)sc1Br. The third-order valence-electron chi connectivity index (χ3n) is 1.66. The number of nitrogens with two attached hydrogens (primary N) is 1. The van der Waals surface area contributed by atoms with E-state index in [1.54, 1.807) is 11.3 Å². The van der Waals surface area contributed by atoms with E-state index in [0.717, 1.165) is 14.0 Å². The van der Waals surface area contributed by atoms with Crippen LogP contribution in [0.5, 0.6) is 0 Å². The van der Waals surface area contributed by atoms with Crippen LogP contribution in [-0.2, 0) is 0 Å². The van der Waals surface area contributed by atoms with Gasteiger partial charge in [0, 0.05) is 0 Å². The molecule has 0 aliphatic heterocycles. The molecular formula is C8H10Br2N2S. The van der Waals surface area contributed by atoms with Crippen molar-refractivity contribution >= 4 is 43.2 Å². The van der Waals surface area contributed by atoms with Crippen LogP contribution in [0.3, 0.4) is 0 Å². The Labute approximate surface area is 98.4 Å². The minimum Gasteiger partial charge on any atom is -0.271 e. The summed E-state index contributed by atoms with van der Waals surface area (Å²) in [5, 5.41) is 0. The molecule has 1 rings (SSSR count). The third-order valence-corrected chi connectivity index (χ3v) is 4.05. The Balaban J connectivity index is 2.89. The highest BCUT2D eigenvalue weighted by atomic mass is 79.9. The molecule has 0 radical (unpaired) electrons. The molecule has 0 saturated carbocycles. The molecule has 0 aliphatic rings. The number of thiophene rings is 1. The van der Waals surface area contributed by atoms with Crippen molar-refractivity contribution in [3.05, 3.63) is 31.9 Å².